The second-order valence-corrected chi connectivity index (χ2v) is 3.58. The molecule has 0 saturated carbocycles. The standard InChI is InChI=1S/C12H12F2N2/c1-2-5-15-12-4-3-9-10(14)6-8(13)7-11(9)16-12/h3-4,6-7H,2,5H2,1H3,(H,15,16). The van der Waals surface area contributed by atoms with E-state index in [0.717, 1.165) is 19.0 Å². The molecule has 1 aromatic heterocycles. The van der Waals surface area contributed by atoms with Crippen LogP contribution < -0.4 is 5.32 Å². The first kappa shape index (κ1) is 10.8. The highest BCUT2D eigenvalue weighted by Gasteiger charge is 2.05. The van der Waals surface area contributed by atoms with Crippen LogP contribution in [0.25, 0.3) is 10.9 Å². The Morgan fingerprint density at radius 3 is 2.81 bits per heavy atom. The molecule has 0 bridgehead atoms. The second kappa shape index (κ2) is 4.43. The van der Waals surface area contributed by atoms with Crippen LogP contribution in [0.15, 0.2) is 24.3 Å². The summed E-state index contributed by atoms with van der Waals surface area (Å²) in [5, 5.41) is 3.41. The zero-order valence-corrected chi connectivity index (χ0v) is 8.93. The van der Waals surface area contributed by atoms with Crippen molar-refractivity contribution in [3.05, 3.63) is 35.9 Å². The summed E-state index contributed by atoms with van der Waals surface area (Å²) in [5.41, 5.74) is 0.332. The third kappa shape index (κ3) is 2.10. The van der Waals surface area contributed by atoms with E-state index in [2.05, 4.69) is 10.3 Å². The van der Waals surface area contributed by atoms with E-state index in [4.69, 9.17) is 0 Å². The van der Waals surface area contributed by atoms with Crippen LogP contribution in [0.3, 0.4) is 0 Å². The van der Waals surface area contributed by atoms with Crippen molar-refractivity contribution in [2.75, 3.05) is 11.9 Å². The molecule has 1 aromatic carbocycles. The van der Waals surface area contributed by atoms with Crippen molar-refractivity contribution < 1.29 is 8.78 Å². The Labute approximate surface area is 92.3 Å². The van der Waals surface area contributed by atoms with Gasteiger partial charge in [-0.3, -0.25) is 0 Å². The van der Waals surface area contributed by atoms with E-state index in [-0.39, 0.29) is 0 Å². The molecule has 0 spiro atoms. The largest absolute Gasteiger partial charge is 0.370 e. The van der Waals surface area contributed by atoms with Gasteiger partial charge in [0.15, 0.2) is 0 Å². The van der Waals surface area contributed by atoms with E-state index in [1.54, 1.807) is 12.1 Å². The fourth-order valence-electron chi connectivity index (χ4n) is 1.51. The molecule has 0 aliphatic rings. The van der Waals surface area contributed by atoms with Gasteiger partial charge in [0, 0.05) is 24.1 Å². The predicted molar refractivity (Wildman–Crippen MR) is 60.4 cm³/mol. The topological polar surface area (TPSA) is 24.9 Å². The van der Waals surface area contributed by atoms with Gasteiger partial charge >= 0.3 is 0 Å². The van der Waals surface area contributed by atoms with Crippen molar-refractivity contribution in [2.45, 2.75) is 13.3 Å². The first-order valence-electron chi connectivity index (χ1n) is 5.20. The van der Waals surface area contributed by atoms with Gasteiger partial charge in [-0.1, -0.05) is 6.92 Å². The van der Waals surface area contributed by atoms with Crippen molar-refractivity contribution in [1.82, 2.24) is 4.98 Å². The minimum Gasteiger partial charge on any atom is -0.370 e. The zero-order chi connectivity index (χ0) is 11.5. The van der Waals surface area contributed by atoms with Crippen LogP contribution >= 0.6 is 0 Å². The number of hydrogen-bond donors (Lipinski definition) is 1. The second-order valence-electron chi connectivity index (χ2n) is 3.58. The number of halogens is 2. The van der Waals surface area contributed by atoms with Crippen LogP contribution in [0.5, 0.6) is 0 Å². The highest BCUT2D eigenvalue weighted by molar-refractivity contribution is 5.80. The molecule has 0 amide bonds. The number of anilines is 1. The summed E-state index contributed by atoms with van der Waals surface area (Å²) >= 11 is 0. The molecule has 2 nitrogen and oxygen atoms in total. The third-order valence-electron chi connectivity index (χ3n) is 2.28. The fourth-order valence-corrected chi connectivity index (χ4v) is 1.51. The lowest BCUT2D eigenvalue weighted by Crippen LogP contribution is -2.01. The number of hydrogen-bond acceptors (Lipinski definition) is 2. The highest BCUT2D eigenvalue weighted by Crippen LogP contribution is 2.19. The van der Waals surface area contributed by atoms with Gasteiger partial charge in [-0.25, -0.2) is 13.8 Å². The van der Waals surface area contributed by atoms with Crippen molar-refractivity contribution in [2.24, 2.45) is 0 Å². The summed E-state index contributed by atoms with van der Waals surface area (Å²) in [5.74, 6) is -0.547. The van der Waals surface area contributed by atoms with Gasteiger partial charge in [0.2, 0.25) is 0 Å². The molecule has 1 N–H and O–H groups in total. The van der Waals surface area contributed by atoms with Gasteiger partial charge in [-0.2, -0.15) is 0 Å². The van der Waals surface area contributed by atoms with Crippen molar-refractivity contribution in [3.8, 4) is 0 Å². The molecule has 16 heavy (non-hydrogen) atoms. The monoisotopic (exact) mass is 222 g/mol. The summed E-state index contributed by atoms with van der Waals surface area (Å²) < 4.78 is 26.3. The average molecular weight is 222 g/mol. The van der Waals surface area contributed by atoms with Gasteiger partial charge in [-0.15, -0.1) is 0 Å². The van der Waals surface area contributed by atoms with Crippen molar-refractivity contribution >= 4 is 16.7 Å². The van der Waals surface area contributed by atoms with Crippen molar-refractivity contribution in [3.63, 3.8) is 0 Å². The van der Waals surface area contributed by atoms with Gasteiger partial charge in [-0.05, 0) is 18.6 Å². The normalized spacial score (nSPS) is 10.7. The van der Waals surface area contributed by atoms with Gasteiger partial charge in [0.05, 0.1) is 5.52 Å². The maximum absolute atomic E-state index is 13.3. The van der Waals surface area contributed by atoms with E-state index in [0.29, 0.717) is 16.7 Å². The van der Waals surface area contributed by atoms with E-state index < -0.39 is 11.6 Å². The highest BCUT2D eigenvalue weighted by atomic mass is 19.1. The molecule has 1 heterocycles. The quantitative estimate of drug-likeness (QED) is 0.861. The first-order valence-corrected chi connectivity index (χ1v) is 5.20. The number of rotatable bonds is 3. The molecule has 0 aliphatic carbocycles. The smallest absolute Gasteiger partial charge is 0.135 e. The predicted octanol–water partition coefficient (Wildman–Crippen LogP) is 3.33. The summed E-state index contributed by atoms with van der Waals surface area (Å²) in [6, 6.07) is 5.40. The lowest BCUT2D eigenvalue weighted by molar-refractivity contribution is 0.591. The van der Waals surface area contributed by atoms with Gasteiger partial charge < -0.3 is 5.32 Å². The average Bonchev–Trinajstić information content (AvgIpc) is 2.25. The van der Waals surface area contributed by atoms with Crippen LogP contribution in [-0.4, -0.2) is 11.5 Å². The molecule has 2 aromatic rings. The number of nitrogens with zero attached hydrogens (tertiary/aromatic N) is 1. The molecule has 0 saturated heterocycles. The molecule has 2 rings (SSSR count). The molecule has 0 radical (unpaired) electrons. The van der Waals surface area contributed by atoms with Crippen LogP contribution in [0.1, 0.15) is 13.3 Å². The van der Waals surface area contributed by atoms with E-state index in [1.807, 2.05) is 6.92 Å². The number of benzene rings is 1. The Hall–Kier alpha value is -1.71. The molecule has 0 fully saturated rings. The Balaban J connectivity index is 2.45. The van der Waals surface area contributed by atoms with Gasteiger partial charge in [0.1, 0.15) is 17.5 Å². The SMILES string of the molecule is CCCNc1ccc2c(F)cc(F)cc2n1. The minimum absolute atomic E-state index is 0.332. The lowest BCUT2D eigenvalue weighted by atomic mass is 10.2. The first-order chi connectivity index (χ1) is 7.70. The summed E-state index contributed by atoms with van der Waals surface area (Å²) in [6.45, 7) is 2.82. The summed E-state index contributed by atoms with van der Waals surface area (Å²) in [6.07, 6.45) is 0.969. The number of fused-ring (bicyclic) bond motifs is 1. The van der Waals surface area contributed by atoms with E-state index in [9.17, 15) is 8.78 Å². The summed E-state index contributed by atoms with van der Waals surface area (Å²) in [4.78, 5) is 4.14. The molecular formula is C12H12F2N2. The Bertz CT molecular complexity index is 512. The van der Waals surface area contributed by atoms with E-state index >= 15 is 0 Å². The minimum atomic E-state index is -0.606. The van der Waals surface area contributed by atoms with Crippen LogP contribution in [0.2, 0.25) is 0 Å². The third-order valence-corrected chi connectivity index (χ3v) is 2.28. The molecule has 4 heteroatoms. The molecule has 84 valence electrons. The fraction of sp³-hybridized carbons (Fsp3) is 0.250. The lowest BCUT2D eigenvalue weighted by Gasteiger charge is -2.05. The zero-order valence-electron chi connectivity index (χ0n) is 8.93. The maximum atomic E-state index is 13.3. The van der Waals surface area contributed by atoms with E-state index in [1.165, 1.54) is 6.07 Å². The number of pyridine rings is 1. The molecule has 0 atom stereocenters. The molecular weight excluding hydrogens is 210 g/mol. The van der Waals surface area contributed by atoms with Crippen LogP contribution in [0.4, 0.5) is 14.6 Å². The number of aromatic nitrogens is 1. The summed E-state index contributed by atoms with van der Waals surface area (Å²) in [7, 11) is 0. The Morgan fingerprint density at radius 2 is 2.06 bits per heavy atom. The van der Waals surface area contributed by atoms with Crippen LogP contribution in [-0.2, 0) is 0 Å². The Morgan fingerprint density at radius 1 is 1.25 bits per heavy atom. The van der Waals surface area contributed by atoms with Gasteiger partial charge in [0.25, 0.3) is 0 Å². The van der Waals surface area contributed by atoms with Crippen molar-refractivity contribution in [1.29, 1.82) is 0 Å². The Kier molecular flexibility index (Phi) is 2.99. The maximum Gasteiger partial charge on any atom is 0.135 e. The van der Waals surface area contributed by atoms with Crippen LogP contribution in [0, 0.1) is 11.6 Å². The molecule has 0 unspecified atom stereocenters. The molecule has 0 aliphatic heterocycles. The number of nitrogens with one attached hydrogen (secondary N) is 1.